The lowest BCUT2D eigenvalue weighted by Gasteiger charge is -2.12. The van der Waals surface area contributed by atoms with Crippen LogP contribution in [0.5, 0.6) is 5.75 Å². The number of hydrogen-bond donors (Lipinski definition) is 2. The van der Waals surface area contributed by atoms with Gasteiger partial charge in [0.2, 0.25) is 0 Å². The number of nitrogens with one attached hydrogen (secondary N) is 2. The Morgan fingerprint density at radius 3 is 2.42 bits per heavy atom. The topological polar surface area (TPSA) is 93.5 Å². The van der Waals surface area contributed by atoms with Gasteiger partial charge in [0, 0.05) is 11.6 Å². The highest BCUT2D eigenvalue weighted by atomic mass is 19.4. The van der Waals surface area contributed by atoms with Crippen LogP contribution in [0.2, 0.25) is 0 Å². The number of rotatable bonds is 7. The molecule has 7 nitrogen and oxygen atoms in total. The molecule has 160 valence electrons. The van der Waals surface area contributed by atoms with E-state index in [-0.39, 0.29) is 11.3 Å². The Labute approximate surface area is 174 Å². The molecule has 3 rings (SSSR count). The van der Waals surface area contributed by atoms with Crippen LogP contribution in [0.25, 0.3) is 0 Å². The van der Waals surface area contributed by atoms with Gasteiger partial charge in [0.25, 0.3) is 11.6 Å². The zero-order valence-electron chi connectivity index (χ0n) is 15.8. The van der Waals surface area contributed by atoms with Gasteiger partial charge in [0.15, 0.2) is 0 Å². The van der Waals surface area contributed by atoms with Gasteiger partial charge in [-0.25, -0.2) is 0 Å². The molecule has 0 saturated carbocycles. The predicted molar refractivity (Wildman–Crippen MR) is 106 cm³/mol. The van der Waals surface area contributed by atoms with E-state index < -0.39 is 28.3 Å². The van der Waals surface area contributed by atoms with E-state index in [0.29, 0.717) is 24.5 Å². The molecule has 0 heterocycles. The van der Waals surface area contributed by atoms with Gasteiger partial charge in [-0.15, -0.1) is 0 Å². The van der Waals surface area contributed by atoms with Crippen molar-refractivity contribution in [1.82, 2.24) is 5.43 Å². The van der Waals surface area contributed by atoms with Crippen LogP contribution in [0.3, 0.4) is 0 Å². The van der Waals surface area contributed by atoms with Crippen LogP contribution in [0, 0.1) is 10.1 Å². The molecule has 0 aliphatic heterocycles. The molecule has 3 aromatic carbocycles. The molecule has 0 unspecified atom stereocenters. The summed E-state index contributed by atoms with van der Waals surface area (Å²) in [7, 11) is 0. The lowest BCUT2D eigenvalue weighted by Crippen LogP contribution is -2.29. The Morgan fingerprint density at radius 2 is 1.74 bits per heavy atom. The minimum absolute atomic E-state index is 0.188. The van der Waals surface area contributed by atoms with Crippen LogP contribution in [0.4, 0.5) is 24.5 Å². The number of alkyl halides is 3. The van der Waals surface area contributed by atoms with Gasteiger partial charge in [-0.05, 0) is 35.9 Å². The molecular formula is C21H16F3N3O4. The van der Waals surface area contributed by atoms with E-state index in [1.807, 2.05) is 30.3 Å². The first-order chi connectivity index (χ1) is 14.7. The van der Waals surface area contributed by atoms with Crippen LogP contribution in [-0.2, 0) is 12.8 Å². The highest BCUT2D eigenvalue weighted by molar-refractivity contribution is 5.95. The number of carbonyl (C=O) groups is 1. The minimum Gasteiger partial charge on any atom is -0.489 e. The summed E-state index contributed by atoms with van der Waals surface area (Å²) >= 11 is 0. The summed E-state index contributed by atoms with van der Waals surface area (Å²) in [5.74, 6) is -0.226. The smallest absolute Gasteiger partial charge is 0.416 e. The van der Waals surface area contributed by atoms with E-state index >= 15 is 0 Å². The molecule has 1 amide bonds. The summed E-state index contributed by atoms with van der Waals surface area (Å²) in [5.41, 5.74) is 3.38. The first-order valence-corrected chi connectivity index (χ1v) is 8.93. The zero-order valence-corrected chi connectivity index (χ0v) is 15.8. The van der Waals surface area contributed by atoms with Crippen molar-refractivity contribution in [2.24, 2.45) is 0 Å². The summed E-state index contributed by atoms with van der Waals surface area (Å²) in [4.78, 5) is 22.5. The van der Waals surface area contributed by atoms with Crippen LogP contribution >= 0.6 is 0 Å². The summed E-state index contributed by atoms with van der Waals surface area (Å²) in [6.45, 7) is 0.294. The number of benzene rings is 3. The third kappa shape index (κ3) is 5.72. The lowest BCUT2D eigenvalue weighted by atomic mass is 10.1. The fourth-order valence-electron chi connectivity index (χ4n) is 2.63. The first-order valence-electron chi connectivity index (χ1n) is 8.93. The Morgan fingerprint density at radius 1 is 1.00 bits per heavy atom. The fourth-order valence-corrected chi connectivity index (χ4v) is 2.63. The van der Waals surface area contributed by atoms with Crippen molar-refractivity contribution >= 4 is 17.3 Å². The second kappa shape index (κ2) is 9.16. The largest absolute Gasteiger partial charge is 0.489 e. The standard InChI is InChI=1S/C21H16F3N3O4/c22-21(23,24)16-9-10-18(19(12-16)27(29)30)25-26-20(28)15-7-4-8-17(11-15)31-13-14-5-2-1-3-6-14/h1-12,25H,13H2,(H,26,28). The van der Waals surface area contributed by atoms with Crippen molar-refractivity contribution in [3.63, 3.8) is 0 Å². The van der Waals surface area contributed by atoms with Crippen molar-refractivity contribution in [2.45, 2.75) is 12.8 Å². The summed E-state index contributed by atoms with van der Waals surface area (Å²) in [6.07, 6.45) is -4.73. The van der Waals surface area contributed by atoms with Gasteiger partial charge in [-0.2, -0.15) is 13.2 Å². The molecule has 10 heteroatoms. The van der Waals surface area contributed by atoms with Crippen LogP contribution in [0.1, 0.15) is 21.5 Å². The summed E-state index contributed by atoms with van der Waals surface area (Å²) < 4.78 is 44.0. The molecule has 0 fully saturated rings. The molecule has 0 spiro atoms. The number of ether oxygens (including phenoxy) is 1. The molecule has 31 heavy (non-hydrogen) atoms. The zero-order chi connectivity index (χ0) is 22.4. The number of anilines is 1. The lowest BCUT2D eigenvalue weighted by molar-refractivity contribution is -0.384. The van der Waals surface area contributed by atoms with E-state index in [1.165, 1.54) is 12.1 Å². The number of hydrogen-bond acceptors (Lipinski definition) is 5. The van der Waals surface area contributed by atoms with Gasteiger partial charge >= 0.3 is 6.18 Å². The summed E-state index contributed by atoms with van der Waals surface area (Å²) in [6, 6.07) is 17.6. The van der Waals surface area contributed by atoms with Crippen molar-refractivity contribution in [3.8, 4) is 5.75 Å². The van der Waals surface area contributed by atoms with Gasteiger partial charge in [-0.3, -0.25) is 25.8 Å². The van der Waals surface area contributed by atoms with Crippen molar-refractivity contribution in [3.05, 3.63) is 99.6 Å². The number of nitro groups is 1. The normalized spacial score (nSPS) is 10.9. The maximum atomic E-state index is 12.8. The monoisotopic (exact) mass is 431 g/mol. The first kappa shape index (κ1) is 21.6. The molecule has 0 aromatic heterocycles. The summed E-state index contributed by atoms with van der Waals surface area (Å²) in [5, 5.41) is 11.1. The molecule has 0 bridgehead atoms. The molecule has 0 aliphatic rings. The quantitative estimate of drug-likeness (QED) is 0.408. The third-order valence-corrected chi connectivity index (χ3v) is 4.18. The molecule has 0 aliphatic carbocycles. The molecule has 0 saturated heterocycles. The Kier molecular flexibility index (Phi) is 6.39. The molecular weight excluding hydrogens is 415 g/mol. The maximum Gasteiger partial charge on any atom is 0.416 e. The second-order valence-electron chi connectivity index (χ2n) is 6.37. The molecule has 2 N–H and O–H groups in total. The number of nitrogens with zero attached hydrogens (tertiary/aromatic N) is 1. The maximum absolute atomic E-state index is 12.8. The molecule has 0 atom stereocenters. The number of hydrazine groups is 1. The van der Waals surface area contributed by atoms with E-state index in [9.17, 15) is 28.1 Å². The van der Waals surface area contributed by atoms with Gasteiger partial charge < -0.3 is 4.74 Å². The number of halogens is 3. The van der Waals surface area contributed by atoms with Crippen LogP contribution < -0.4 is 15.6 Å². The SMILES string of the molecule is O=C(NNc1ccc(C(F)(F)F)cc1[N+](=O)[O-])c1cccc(OCc2ccccc2)c1. The van der Waals surface area contributed by atoms with Crippen molar-refractivity contribution < 1.29 is 27.6 Å². The van der Waals surface area contributed by atoms with Crippen molar-refractivity contribution in [2.75, 3.05) is 5.43 Å². The molecule has 0 radical (unpaired) electrons. The van der Waals surface area contributed by atoms with Gasteiger partial charge in [0.05, 0.1) is 10.5 Å². The minimum atomic E-state index is -4.73. The van der Waals surface area contributed by atoms with Gasteiger partial charge in [-0.1, -0.05) is 36.4 Å². The Balaban J connectivity index is 1.67. The van der Waals surface area contributed by atoms with Crippen molar-refractivity contribution in [1.29, 1.82) is 0 Å². The fraction of sp³-hybridized carbons (Fsp3) is 0.0952. The Hall–Kier alpha value is -4.08. The number of carbonyl (C=O) groups excluding carboxylic acids is 1. The van der Waals surface area contributed by atoms with E-state index in [1.54, 1.807) is 12.1 Å². The van der Waals surface area contributed by atoms with E-state index in [2.05, 4.69) is 10.9 Å². The predicted octanol–water partition coefficient (Wildman–Crippen LogP) is 4.95. The van der Waals surface area contributed by atoms with E-state index in [0.717, 1.165) is 11.6 Å². The average molecular weight is 431 g/mol. The van der Waals surface area contributed by atoms with Crippen LogP contribution in [-0.4, -0.2) is 10.8 Å². The molecule has 3 aromatic rings. The Bertz CT molecular complexity index is 1090. The van der Waals surface area contributed by atoms with Crippen LogP contribution in [0.15, 0.2) is 72.8 Å². The number of nitro benzene ring substituents is 1. The number of amides is 1. The van der Waals surface area contributed by atoms with E-state index in [4.69, 9.17) is 4.74 Å². The van der Waals surface area contributed by atoms with Gasteiger partial charge in [0.1, 0.15) is 18.0 Å². The average Bonchev–Trinajstić information content (AvgIpc) is 2.76. The highest BCUT2D eigenvalue weighted by Crippen LogP contribution is 2.34. The highest BCUT2D eigenvalue weighted by Gasteiger charge is 2.33. The third-order valence-electron chi connectivity index (χ3n) is 4.18. The second-order valence-corrected chi connectivity index (χ2v) is 6.37.